The van der Waals surface area contributed by atoms with Gasteiger partial charge >= 0.3 is 0 Å². The molecule has 6 fully saturated rings. The number of carbonyl (C=O) groups excluding carboxylic acids is 1. The molecule has 6 rings (SSSR count). The van der Waals surface area contributed by atoms with Crippen molar-refractivity contribution in [3.8, 4) is 0 Å². The van der Waals surface area contributed by atoms with Crippen LogP contribution >= 0.6 is 0 Å². The number of ether oxygens (including phenoxy) is 2. The summed E-state index contributed by atoms with van der Waals surface area (Å²) in [5, 5.41) is 21.8. The van der Waals surface area contributed by atoms with Gasteiger partial charge in [-0.1, -0.05) is 27.7 Å². The first-order valence-corrected chi connectivity index (χ1v) is 13.3. The molecule has 5 heteroatoms. The maximum absolute atomic E-state index is 13.4. The molecule has 12 atom stereocenters. The van der Waals surface area contributed by atoms with Gasteiger partial charge in [0.1, 0.15) is 5.60 Å². The van der Waals surface area contributed by atoms with Gasteiger partial charge in [-0.15, -0.1) is 0 Å². The second kappa shape index (κ2) is 6.80. The number of rotatable bonds is 0. The lowest BCUT2D eigenvalue weighted by molar-refractivity contribution is -0.273. The molecule has 180 valence electrons. The van der Waals surface area contributed by atoms with Crippen molar-refractivity contribution in [1.29, 1.82) is 0 Å². The van der Waals surface area contributed by atoms with E-state index in [0.29, 0.717) is 48.3 Å². The minimum absolute atomic E-state index is 0.0173. The quantitative estimate of drug-likeness (QED) is 0.586. The van der Waals surface area contributed by atoms with E-state index >= 15 is 0 Å². The summed E-state index contributed by atoms with van der Waals surface area (Å²) in [5.41, 5.74) is -1.60. The standard InChI is InChI=1S/C27H42O5/c1-15-5-10-27(31-14-15)16(2)23-21(32-27)12-20-18-11-22(29)26(30)13-17(28)6-9-25(26,4)19(18)7-8-24(20,23)3/h15-21,23,28,30H,5-14H2,1-4H3/t15-,16+,17+,18-,19-,20-,21+,23-,24+,25-,26+,27+/m1/s1. The van der Waals surface area contributed by atoms with Crippen LogP contribution in [0.5, 0.6) is 0 Å². The Bertz CT molecular complexity index is 804. The van der Waals surface area contributed by atoms with Crippen LogP contribution in [0.2, 0.25) is 0 Å². The van der Waals surface area contributed by atoms with E-state index in [0.717, 1.165) is 38.7 Å². The highest BCUT2D eigenvalue weighted by Crippen LogP contribution is 2.71. The first kappa shape index (κ1) is 22.0. The van der Waals surface area contributed by atoms with Gasteiger partial charge in [-0.2, -0.15) is 0 Å². The second-order valence-electron chi connectivity index (χ2n) is 13.2. The van der Waals surface area contributed by atoms with Gasteiger partial charge in [-0.25, -0.2) is 0 Å². The van der Waals surface area contributed by atoms with E-state index < -0.39 is 22.9 Å². The summed E-state index contributed by atoms with van der Waals surface area (Å²) in [6, 6.07) is 0. The fraction of sp³-hybridized carbons (Fsp3) is 0.963. The normalized spacial score (nSPS) is 61.8. The van der Waals surface area contributed by atoms with E-state index in [1.807, 2.05) is 0 Å². The summed E-state index contributed by atoms with van der Waals surface area (Å²) >= 11 is 0. The van der Waals surface area contributed by atoms with Gasteiger partial charge in [0.05, 0.1) is 18.8 Å². The highest BCUT2D eigenvalue weighted by molar-refractivity contribution is 5.89. The topological polar surface area (TPSA) is 76.0 Å². The predicted octanol–water partition coefficient (Wildman–Crippen LogP) is 4.09. The van der Waals surface area contributed by atoms with Gasteiger partial charge in [0.15, 0.2) is 11.6 Å². The van der Waals surface area contributed by atoms with Crippen LogP contribution in [-0.4, -0.2) is 46.2 Å². The Hall–Kier alpha value is -0.490. The van der Waals surface area contributed by atoms with Crippen LogP contribution in [0.3, 0.4) is 0 Å². The lowest BCUT2D eigenvalue weighted by Gasteiger charge is -2.63. The highest BCUT2D eigenvalue weighted by Gasteiger charge is 2.72. The van der Waals surface area contributed by atoms with Gasteiger partial charge in [-0.05, 0) is 73.5 Å². The molecule has 4 aliphatic carbocycles. The van der Waals surface area contributed by atoms with Crippen LogP contribution in [0.4, 0.5) is 0 Å². The highest BCUT2D eigenvalue weighted by atomic mass is 16.7. The number of aliphatic hydroxyl groups excluding tert-OH is 1. The Morgan fingerprint density at radius 2 is 1.81 bits per heavy atom. The van der Waals surface area contributed by atoms with Crippen LogP contribution in [0.15, 0.2) is 0 Å². The van der Waals surface area contributed by atoms with Crippen LogP contribution in [0.1, 0.15) is 85.5 Å². The van der Waals surface area contributed by atoms with E-state index in [1.54, 1.807) is 0 Å². The molecule has 2 aliphatic heterocycles. The number of ketones is 1. The summed E-state index contributed by atoms with van der Waals surface area (Å²) in [4.78, 5) is 13.4. The summed E-state index contributed by atoms with van der Waals surface area (Å²) < 4.78 is 13.2. The molecule has 5 nitrogen and oxygen atoms in total. The fourth-order valence-corrected chi connectivity index (χ4v) is 10.0. The average molecular weight is 447 g/mol. The number of fused-ring (bicyclic) bond motifs is 7. The van der Waals surface area contributed by atoms with Crippen molar-refractivity contribution in [2.75, 3.05) is 6.61 Å². The largest absolute Gasteiger partial charge is 0.393 e. The predicted molar refractivity (Wildman–Crippen MR) is 120 cm³/mol. The Kier molecular flexibility index (Phi) is 4.68. The van der Waals surface area contributed by atoms with Crippen molar-refractivity contribution >= 4 is 5.78 Å². The minimum atomic E-state index is -1.35. The third-order valence-electron chi connectivity index (χ3n) is 11.9. The lowest BCUT2D eigenvalue weighted by Crippen LogP contribution is -2.67. The molecule has 4 saturated carbocycles. The van der Waals surface area contributed by atoms with E-state index in [2.05, 4.69) is 27.7 Å². The molecule has 2 N–H and O–H groups in total. The Labute approximate surface area is 192 Å². The molecule has 0 amide bonds. The summed E-state index contributed by atoms with van der Waals surface area (Å²) in [5.74, 6) is 2.20. The van der Waals surface area contributed by atoms with Crippen molar-refractivity contribution in [2.24, 2.45) is 46.3 Å². The molecule has 0 aromatic carbocycles. The van der Waals surface area contributed by atoms with Crippen molar-refractivity contribution in [3.63, 3.8) is 0 Å². The molecule has 0 aromatic heterocycles. The number of Topliss-reactive ketones (excluding diaryl/α,β-unsaturated/α-hetero) is 1. The first-order valence-electron chi connectivity index (χ1n) is 13.3. The van der Waals surface area contributed by atoms with Crippen molar-refractivity contribution < 1.29 is 24.5 Å². The van der Waals surface area contributed by atoms with Crippen molar-refractivity contribution in [1.82, 2.24) is 0 Å². The van der Waals surface area contributed by atoms with E-state index in [-0.39, 0.29) is 23.7 Å². The molecule has 0 aromatic rings. The zero-order valence-corrected chi connectivity index (χ0v) is 20.3. The van der Waals surface area contributed by atoms with Gasteiger partial charge in [0.2, 0.25) is 0 Å². The van der Waals surface area contributed by atoms with E-state index in [4.69, 9.17) is 9.47 Å². The first-order chi connectivity index (χ1) is 15.0. The average Bonchev–Trinajstić information content (AvgIpc) is 3.18. The van der Waals surface area contributed by atoms with E-state index in [9.17, 15) is 15.0 Å². The molecular formula is C27H42O5. The van der Waals surface area contributed by atoms with Crippen LogP contribution in [0, 0.1) is 46.3 Å². The maximum Gasteiger partial charge on any atom is 0.171 e. The zero-order chi connectivity index (χ0) is 22.7. The third-order valence-corrected chi connectivity index (χ3v) is 11.9. The zero-order valence-electron chi connectivity index (χ0n) is 20.3. The molecular weight excluding hydrogens is 404 g/mol. The second-order valence-corrected chi connectivity index (χ2v) is 13.2. The van der Waals surface area contributed by atoms with Crippen LogP contribution in [0.25, 0.3) is 0 Å². The number of hydrogen-bond donors (Lipinski definition) is 2. The SMILES string of the molecule is C[C@@H]1CC[C@]2(OC1)O[C@H]1C[C@@H]3[C@@H]4CC(=O)[C@@]5(O)C[C@@H](O)CC[C@]5(C)[C@@H]4CC[C@]3(C)[C@@H]1[C@@H]2C. The monoisotopic (exact) mass is 446 g/mol. The van der Waals surface area contributed by atoms with Crippen molar-refractivity contribution in [2.45, 2.75) is 109 Å². The third kappa shape index (κ3) is 2.58. The van der Waals surface area contributed by atoms with Gasteiger partial charge in [-0.3, -0.25) is 4.79 Å². The molecule has 6 aliphatic rings. The molecule has 32 heavy (non-hydrogen) atoms. The van der Waals surface area contributed by atoms with Crippen LogP contribution in [-0.2, 0) is 14.3 Å². The number of hydrogen-bond acceptors (Lipinski definition) is 5. The Balaban J connectivity index is 1.30. The summed E-state index contributed by atoms with van der Waals surface area (Å²) in [7, 11) is 0. The molecule has 0 bridgehead atoms. The maximum atomic E-state index is 13.4. The molecule has 0 radical (unpaired) electrons. The summed E-state index contributed by atoms with van der Waals surface area (Å²) in [6.45, 7) is 10.0. The number of carbonyl (C=O) groups is 1. The van der Waals surface area contributed by atoms with Gasteiger partial charge < -0.3 is 19.7 Å². The smallest absolute Gasteiger partial charge is 0.171 e. The molecule has 1 spiro atoms. The van der Waals surface area contributed by atoms with E-state index in [1.165, 1.54) is 6.42 Å². The summed E-state index contributed by atoms with van der Waals surface area (Å²) in [6.07, 6.45) is 7.21. The number of aliphatic hydroxyl groups is 2. The molecule has 2 saturated heterocycles. The van der Waals surface area contributed by atoms with Gasteiger partial charge in [0.25, 0.3) is 0 Å². The van der Waals surface area contributed by atoms with Gasteiger partial charge in [0, 0.05) is 30.6 Å². The molecule has 2 heterocycles. The lowest BCUT2D eigenvalue weighted by atomic mass is 9.42. The fourth-order valence-electron chi connectivity index (χ4n) is 10.0. The molecule has 0 unspecified atom stereocenters. The van der Waals surface area contributed by atoms with Crippen molar-refractivity contribution in [3.05, 3.63) is 0 Å². The van der Waals surface area contributed by atoms with Crippen LogP contribution < -0.4 is 0 Å². The Morgan fingerprint density at radius 3 is 2.53 bits per heavy atom. The Morgan fingerprint density at radius 1 is 1.03 bits per heavy atom. The minimum Gasteiger partial charge on any atom is -0.393 e.